The highest BCUT2D eigenvalue weighted by Crippen LogP contribution is 2.30. The molecule has 15 heavy (non-hydrogen) atoms. The van der Waals surface area contributed by atoms with Crippen LogP contribution in [0.25, 0.3) is 0 Å². The standard InChI is InChI=1S/C9H9NO3S2/c1-2-3-4-6-8(13)10(5-7(11)12)9(14)15-6/h2-4H,5H2,1H3,(H,11,12)/b3-2?,6-4+. The van der Waals surface area contributed by atoms with E-state index >= 15 is 0 Å². The van der Waals surface area contributed by atoms with E-state index in [0.29, 0.717) is 4.91 Å². The molecule has 80 valence electrons. The van der Waals surface area contributed by atoms with E-state index in [2.05, 4.69) is 0 Å². The molecule has 1 rings (SSSR count). The van der Waals surface area contributed by atoms with E-state index in [9.17, 15) is 9.59 Å². The monoisotopic (exact) mass is 243 g/mol. The third-order valence-corrected chi connectivity index (χ3v) is 3.00. The van der Waals surface area contributed by atoms with Gasteiger partial charge in [0.2, 0.25) is 0 Å². The van der Waals surface area contributed by atoms with Crippen LogP contribution in [0.2, 0.25) is 0 Å². The fraction of sp³-hybridized carbons (Fsp3) is 0.222. The maximum atomic E-state index is 11.6. The minimum atomic E-state index is -1.07. The third kappa shape index (κ3) is 2.90. The van der Waals surface area contributed by atoms with Crippen LogP contribution in [0.4, 0.5) is 0 Å². The van der Waals surface area contributed by atoms with Crippen LogP contribution >= 0.6 is 24.0 Å². The summed E-state index contributed by atoms with van der Waals surface area (Å²) in [5, 5.41) is 8.58. The first kappa shape index (κ1) is 11.9. The highest BCUT2D eigenvalue weighted by atomic mass is 32.2. The minimum absolute atomic E-state index is 0.290. The predicted octanol–water partition coefficient (Wildman–Crippen LogP) is 1.39. The van der Waals surface area contributed by atoms with Crippen LogP contribution < -0.4 is 0 Å². The van der Waals surface area contributed by atoms with Gasteiger partial charge >= 0.3 is 5.97 Å². The van der Waals surface area contributed by atoms with Crippen molar-refractivity contribution in [1.82, 2.24) is 4.90 Å². The normalized spacial score (nSPS) is 19.5. The van der Waals surface area contributed by atoms with Gasteiger partial charge in [0.05, 0.1) is 4.91 Å². The van der Waals surface area contributed by atoms with Gasteiger partial charge in [0.15, 0.2) is 0 Å². The Labute approximate surface area is 96.6 Å². The van der Waals surface area contributed by atoms with Crippen molar-refractivity contribution in [3.05, 3.63) is 23.1 Å². The largest absolute Gasteiger partial charge is 0.480 e. The van der Waals surface area contributed by atoms with E-state index < -0.39 is 5.97 Å². The van der Waals surface area contributed by atoms with Crippen molar-refractivity contribution >= 4 is 40.2 Å². The van der Waals surface area contributed by atoms with E-state index in [0.717, 1.165) is 16.7 Å². The second-order valence-corrected chi connectivity index (χ2v) is 4.39. The van der Waals surface area contributed by atoms with Crippen LogP contribution in [-0.4, -0.2) is 32.7 Å². The molecule has 0 aromatic carbocycles. The number of nitrogens with zero attached hydrogens (tertiary/aromatic N) is 1. The number of rotatable bonds is 3. The Morgan fingerprint density at radius 3 is 2.87 bits per heavy atom. The number of amides is 1. The molecule has 1 amide bonds. The van der Waals surface area contributed by atoms with Gasteiger partial charge in [0, 0.05) is 0 Å². The third-order valence-electron chi connectivity index (χ3n) is 1.61. The van der Waals surface area contributed by atoms with E-state index in [4.69, 9.17) is 17.3 Å². The van der Waals surface area contributed by atoms with Gasteiger partial charge in [0.25, 0.3) is 5.91 Å². The molecule has 0 aromatic rings. The van der Waals surface area contributed by atoms with Gasteiger partial charge in [-0.3, -0.25) is 14.5 Å². The van der Waals surface area contributed by atoms with Crippen molar-refractivity contribution in [1.29, 1.82) is 0 Å². The Morgan fingerprint density at radius 2 is 2.33 bits per heavy atom. The second-order valence-electron chi connectivity index (χ2n) is 2.71. The average molecular weight is 243 g/mol. The average Bonchev–Trinajstić information content (AvgIpc) is 2.42. The second kappa shape index (κ2) is 5.09. The van der Waals surface area contributed by atoms with Gasteiger partial charge in [-0.15, -0.1) is 0 Å². The van der Waals surface area contributed by atoms with Crippen LogP contribution in [0.15, 0.2) is 23.1 Å². The lowest BCUT2D eigenvalue weighted by Gasteiger charge is -2.09. The minimum Gasteiger partial charge on any atom is -0.480 e. The van der Waals surface area contributed by atoms with Crippen LogP contribution in [0, 0.1) is 0 Å². The van der Waals surface area contributed by atoms with Crippen molar-refractivity contribution in [3.8, 4) is 0 Å². The molecule has 1 fully saturated rings. The number of allylic oxidation sites excluding steroid dienone is 3. The van der Waals surface area contributed by atoms with Gasteiger partial charge in [-0.05, 0) is 13.0 Å². The molecule has 1 aliphatic rings. The van der Waals surface area contributed by atoms with Crippen molar-refractivity contribution in [2.75, 3.05) is 6.54 Å². The molecule has 1 heterocycles. The van der Waals surface area contributed by atoms with Gasteiger partial charge in [-0.2, -0.15) is 0 Å². The van der Waals surface area contributed by atoms with E-state index in [1.807, 2.05) is 6.92 Å². The molecule has 1 N–H and O–H groups in total. The number of hydrogen-bond acceptors (Lipinski definition) is 4. The zero-order valence-corrected chi connectivity index (χ0v) is 9.60. The van der Waals surface area contributed by atoms with Gasteiger partial charge in [-0.25, -0.2) is 0 Å². The number of carbonyl (C=O) groups is 2. The first-order chi connectivity index (χ1) is 7.06. The smallest absolute Gasteiger partial charge is 0.323 e. The maximum absolute atomic E-state index is 11.6. The fourth-order valence-corrected chi connectivity index (χ4v) is 2.18. The quantitative estimate of drug-likeness (QED) is 0.599. The predicted molar refractivity (Wildman–Crippen MR) is 62.4 cm³/mol. The Kier molecular flexibility index (Phi) is 4.05. The lowest BCUT2D eigenvalue weighted by atomic mass is 10.4. The molecule has 0 radical (unpaired) electrons. The molecule has 0 unspecified atom stereocenters. The molecular weight excluding hydrogens is 234 g/mol. The first-order valence-electron chi connectivity index (χ1n) is 4.14. The maximum Gasteiger partial charge on any atom is 0.323 e. The molecule has 0 bridgehead atoms. The Balaban J connectivity index is 2.83. The van der Waals surface area contributed by atoms with Crippen LogP contribution in [0.1, 0.15) is 6.92 Å². The zero-order valence-electron chi connectivity index (χ0n) is 7.97. The lowest BCUT2D eigenvalue weighted by molar-refractivity contribution is -0.140. The van der Waals surface area contributed by atoms with E-state index in [-0.39, 0.29) is 16.8 Å². The highest BCUT2D eigenvalue weighted by Gasteiger charge is 2.32. The molecule has 0 aromatic heterocycles. The van der Waals surface area contributed by atoms with Crippen molar-refractivity contribution < 1.29 is 14.7 Å². The topological polar surface area (TPSA) is 57.6 Å². The molecule has 6 heteroatoms. The Morgan fingerprint density at radius 1 is 1.67 bits per heavy atom. The number of thiocarbonyl (C=S) groups is 1. The molecule has 0 atom stereocenters. The molecular formula is C9H9NO3S2. The summed E-state index contributed by atoms with van der Waals surface area (Å²) >= 11 is 6.02. The van der Waals surface area contributed by atoms with Gasteiger partial charge in [-0.1, -0.05) is 36.1 Å². The zero-order chi connectivity index (χ0) is 11.4. The number of carboxylic acids is 1. The lowest BCUT2D eigenvalue weighted by Crippen LogP contribution is -2.33. The van der Waals surface area contributed by atoms with Crippen LogP contribution in [0.5, 0.6) is 0 Å². The van der Waals surface area contributed by atoms with Crippen molar-refractivity contribution in [2.24, 2.45) is 0 Å². The number of carboxylic acid groups (broad SMARTS) is 1. The molecule has 4 nitrogen and oxygen atoms in total. The summed E-state index contributed by atoms with van der Waals surface area (Å²) < 4.78 is 0.290. The highest BCUT2D eigenvalue weighted by molar-refractivity contribution is 8.26. The molecule has 1 aliphatic heterocycles. The van der Waals surface area contributed by atoms with E-state index in [1.165, 1.54) is 0 Å². The summed E-state index contributed by atoms with van der Waals surface area (Å²) in [7, 11) is 0. The summed E-state index contributed by atoms with van der Waals surface area (Å²) in [6, 6.07) is 0. The van der Waals surface area contributed by atoms with Crippen molar-refractivity contribution in [2.45, 2.75) is 6.92 Å². The first-order valence-corrected chi connectivity index (χ1v) is 5.37. The van der Waals surface area contributed by atoms with Crippen LogP contribution in [0.3, 0.4) is 0 Å². The summed E-state index contributed by atoms with van der Waals surface area (Å²) in [4.78, 5) is 23.6. The number of thioether (sulfide) groups is 1. The summed E-state index contributed by atoms with van der Waals surface area (Å²) in [6.07, 6.45) is 5.12. The Bertz CT molecular complexity index is 374. The SMILES string of the molecule is CC=C/C=C1/SC(=S)N(CC(=O)O)C1=O. The fourth-order valence-electron chi connectivity index (χ4n) is 0.969. The number of carbonyl (C=O) groups excluding carboxylic acids is 1. The van der Waals surface area contributed by atoms with Gasteiger partial charge < -0.3 is 5.11 Å². The molecule has 0 aliphatic carbocycles. The van der Waals surface area contributed by atoms with Crippen molar-refractivity contribution in [3.63, 3.8) is 0 Å². The molecule has 1 saturated heterocycles. The Hall–Kier alpha value is -1.14. The molecule has 0 spiro atoms. The summed E-state index contributed by atoms with van der Waals surface area (Å²) in [5.41, 5.74) is 0. The summed E-state index contributed by atoms with van der Waals surface area (Å²) in [5.74, 6) is -1.41. The number of hydrogen-bond donors (Lipinski definition) is 1. The van der Waals surface area contributed by atoms with E-state index in [1.54, 1.807) is 18.2 Å². The number of aliphatic carboxylic acids is 1. The van der Waals surface area contributed by atoms with Gasteiger partial charge in [0.1, 0.15) is 10.9 Å². The van der Waals surface area contributed by atoms with Crippen LogP contribution in [-0.2, 0) is 9.59 Å². The summed E-state index contributed by atoms with van der Waals surface area (Å²) in [6.45, 7) is 1.45. The molecule has 0 saturated carbocycles.